The number of hydrogen-bond donors (Lipinski definition) is 4. The highest BCUT2D eigenvalue weighted by Gasteiger charge is 2.16. The molecule has 0 aliphatic heterocycles. The number of benzene rings is 2. The van der Waals surface area contributed by atoms with Crippen LogP contribution in [0.1, 0.15) is 24.2 Å². The minimum Gasteiger partial charge on any atom is -0.493 e. The Labute approximate surface area is 181 Å². The summed E-state index contributed by atoms with van der Waals surface area (Å²) in [5, 5.41) is 12.1. The number of fused-ring (bicyclic) bond motifs is 1. The molecule has 2 heterocycles. The van der Waals surface area contributed by atoms with Crippen LogP contribution in [0, 0.1) is 0 Å². The number of hydrogen-bond acceptors (Lipinski definition) is 6. The first-order chi connectivity index (χ1) is 15.4. The van der Waals surface area contributed by atoms with Gasteiger partial charge in [0.1, 0.15) is 11.6 Å². The third kappa shape index (κ3) is 3.93. The Hall–Kier alpha value is -4.47. The van der Waals surface area contributed by atoms with E-state index in [4.69, 9.17) is 4.74 Å². The maximum absolute atomic E-state index is 12.3. The van der Waals surface area contributed by atoms with Crippen molar-refractivity contribution < 1.29 is 19.4 Å². The monoisotopic (exact) mass is 433 g/mol. The number of aromatic amines is 2. The van der Waals surface area contributed by atoms with Crippen LogP contribution >= 0.6 is 0 Å². The Morgan fingerprint density at radius 2 is 1.91 bits per heavy atom. The number of aromatic carboxylic acids is 1. The van der Waals surface area contributed by atoms with Gasteiger partial charge in [0.15, 0.2) is 11.2 Å². The Balaban J connectivity index is 1.81. The Kier molecular flexibility index (Phi) is 5.42. The van der Waals surface area contributed by atoms with E-state index in [9.17, 15) is 19.5 Å². The molecule has 0 radical (unpaired) electrons. The molecule has 10 heteroatoms. The van der Waals surface area contributed by atoms with Crippen molar-refractivity contribution in [3.63, 3.8) is 0 Å². The zero-order valence-electron chi connectivity index (χ0n) is 17.2. The quantitative estimate of drug-likeness (QED) is 0.365. The van der Waals surface area contributed by atoms with Crippen molar-refractivity contribution in [3.8, 4) is 28.3 Å². The predicted molar refractivity (Wildman–Crippen MR) is 118 cm³/mol. The van der Waals surface area contributed by atoms with E-state index in [1.54, 1.807) is 30.3 Å². The molecule has 0 unspecified atom stereocenters. The number of carboxylic acids is 1. The molecule has 0 saturated carbocycles. The van der Waals surface area contributed by atoms with E-state index in [-0.39, 0.29) is 33.9 Å². The summed E-state index contributed by atoms with van der Waals surface area (Å²) in [7, 11) is 0. The smallest absolute Gasteiger partial charge is 0.337 e. The first-order valence-corrected chi connectivity index (χ1v) is 9.73. The van der Waals surface area contributed by atoms with E-state index in [1.807, 2.05) is 6.92 Å². The molecule has 0 spiro atoms. The fourth-order valence-corrected chi connectivity index (χ4v) is 3.34. The van der Waals surface area contributed by atoms with Crippen molar-refractivity contribution in [1.29, 1.82) is 0 Å². The largest absolute Gasteiger partial charge is 0.493 e. The summed E-state index contributed by atoms with van der Waals surface area (Å²) in [5.74, 6) is -0.757. The van der Waals surface area contributed by atoms with Crippen LogP contribution in [-0.4, -0.2) is 43.5 Å². The summed E-state index contributed by atoms with van der Waals surface area (Å²) in [6.07, 6.45) is 1.40. The fourth-order valence-electron chi connectivity index (χ4n) is 3.34. The summed E-state index contributed by atoms with van der Waals surface area (Å²) < 4.78 is 5.78. The van der Waals surface area contributed by atoms with Crippen LogP contribution in [0.25, 0.3) is 33.7 Å². The Morgan fingerprint density at radius 3 is 2.62 bits per heavy atom. The summed E-state index contributed by atoms with van der Waals surface area (Å²) >= 11 is 0. The van der Waals surface area contributed by atoms with Gasteiger partial charge in [-0.05, 0) is 42.3 Å². The molecular formula is C22H19N5O5. The second-order valence-corrected chi connectivity index (χ2v) is 6.91. The number of carbonyl (C=O) groups excluding carboxylic acids is 1. The number of carboxylic acid groups (broad SMARTS) is 1. The highest BCUT2D eigenvalue weighted by molar-refractivity contribution is 6.01. The van der Waals surface area contributed by atoms with Crippen LogP contribution in [0.5, 0.6) is 5.75 Å². The third-order valence-electron chi connectivity index (χ3n) is 4.73. The molecule has 10 nitrogen and oxygen atoms in total. The lowest BCUT2D eigenvalue weighted by Crippen LogP contribution is -2.11. The minimum absolute atomic E-state index is 0.0327. The van der Waals surface area contributed by atoms with E-state index in [0.717, 1.165) is 0 Å². The van der Waals surface area contributed by atoms with Crippen molar-refractivity contribution in [1.82, 2.24) is 19.9 Å². The molecule has 4 rings (SSSR count). The van der Waals surface area contributed by atoms with Gasteiger partial charge in [0, 0.05) is 6.92 Å². The first-order valence-electron chi connectivity index (χ1n) is 9.73. The maximum atomic E-state index is 12.3. The number of nitrogens with zero attached hydrogens (tertiary/aromatic N) is 2. The average molecular weight is 433 g/mol. The van der Waals surface area contributed by atoms with Crippen molar-refractivity contribution >= 4 is 28.7 Å². The molecule has 32 heavy (non-hydrogen) atoms. The molecular weight excluding hydrogens is 414 g/mol. The van der Waals surface area contributed by atoms with Gasteiger partial charge in [-0.3, -0.25) is 9.59 Å². The van der Waals surface area contributed by atoms with Gasteiger partial charge in [-0.2, -0.15) is 0 Å². The number of amides is 1. The van der Waals surface area contributed by atoms with Crippen LogP contribution in [-0.2, 0) is 4.79 Å². The number of H-pyrrole nitrogens is 2. The molecule has 2 aromatic carbocycles. The third-order valence-corrected chi connectivity index (χ3v) is 4.73. The van der Waals surface area contributed by atoms with Gasteiger partial charge in [-0.15, -0.1) is 0 Å². The number of ether oxygens (including phenoxy) is 1. The number of carbonyl (C=O) groups is 2. The molecule has 0 aliphatic rings. The van der Waals surface area contributed by atoms with E-state index >= 15 is 0 Å². The Bertz CT molecular complexity index is 1410. The lowest BCUT2D eigenvalue weighted by atomic mass is 9.99. The summed E-state index contributed by atoms with van der Waals surface area (Å²) in [6.45, 7) is 3.51. The van der Waals surface area contributed by atoms with Gasteiger partial charge in [0.25, 0.3) is 5.56 Å². The van der Waals surface area contributed by atoms with Gasteiger partial charge in [-0.1, -0.05) is 12.1 Å². The number of aromatic nitrogens is 4. The molecule has 1 amide bonds. The second-order valence-electron chi connectivity index (χ2n) is 6.91. The van der Waals surface area contributed by atoms with Crippen LogP contribution in [0.2, 0.25) is 0 Å². The van der Waals surface area contributed by atoms with Crippen LogP contribution in [0.15, 0.2) is 47.5 Å². The van der Waals surface area contributed by atoms with Crippen molar-refractivity contribution in [2.45, 2.75) is 13.8 Å². The minimum atomic E-state index is -1.16. The molecule has 0 saturated heterocycles. The molecule has 0 aliphatic carbocycles. The zero-order valence-corrected chi connectivity index (χ0v) is 17.2. The van der Waals surface area contributed by atoms with E-state index < -0.39 is 5.97 Å². The molecule has 4 aromatic rings. The normalized spacial score (nSPS) is 10.8. The summed E-state index contributed by atoms with van der Waals surface area (Å²) in [5.41, 5.74) is 2.27. The molecule has 2 aromatic heterocycles. The second kappa shape index (κ2) is 8.34. The fraction of sp³-hybridized carbons (Fsp3) is 0.136. The maximum Gasteiger partial charge on any atom is 0.337 e. The highest BCUT2D eigenvalue weighted by Crippen LogP contribution is 2.34. The number of nitrogens with one attached hydrogen (secondary N) is 3. The van der Waals surface area contributed by atoms with Crippen LogP contribution in [0.3, 0.4) is 0 Å². The van der Waals surface area contributed by atoms with Crippen LogP contribution in [0.4, 0.5) is 5.69 Å². The summed E-state index contributed by atoms with van der Waals surface area (Å²) in [4.78, 5) is 49.3. The zero-order chi connectivity index (χ0) is 22.8. The summed E-state index contributed by atoms with van der Waals surface area (Å²) in [6, 6.07) is 9.98. The molecule has 0 bridgehead atoms. The van der Waals surface area contributed by atoms with Gasteiger partial charge < -0.3 is 25.1 Å². The van der Waals surface area contributed by atoms with E-state index in [2.05, 4.69) is 25.3 Å². The topological polar surface area (TPSA) is 150 Å². The Morgan fingerprint density at radius 1 is 1.16 bits per heavy atom. The van der Waals surface area contributed by atoms with Gasteiger partial charge in [0.2, 0.25) is 5.91 Å². The average Bonchev–Trinajstić information content (AvgIpc) is 3.23. The molecule has 4 N–H and O–H groups in total. The SMILES string of the molecule is CCOc1cc(-c2ccc(NC(C)=O)c(C(=O)O)c2)ccc1-c1nc2nc[nH]c2c(=O)[nH]1. The van der Waals surface area contributed by atoms with Gasteiger partial charge >= 0.3 is 5.97 Å². The molecule has 0 atom stereocenters. The van der Waals surface area contributed by atoms with Crippen molar-refractivity contribution in [2.24, 2.45) is 0 Å². The number of imidazole rings is 1. The lowest BCUT2D eigenvalue weighted by Gasteiger charge is -2.13. The highest BCUT2D eigenvalue weighted by atomic mass is 16.5. The van der Waals surface area contributed by atoms with E-state index in [0.29, 0.717) is 34.9 Å². The van der Waals surface area contributed by atoms with Gasteiger partial charge in [0.05, 0.1) is 29.7 Å². The number of rotatable bonds is 6. The lowest BCUT2D eigenvalue weighted by molar-refractivity contribution is -0.114. The molecule has 0 fully saturated rings. The van der Waals surface area contributed by atoms with Crippen LogP contribution < -0.4 is 15.6 Å². The van der Waals surface area contributed by atoms with Crippen molar-refractivity contribution in [2.75, 3.05) is 11.9 Å². The predicted octanol–water partition coefficient (Wildman–Crippen LogP) is 3.04. The standard InChI is InChI=1S/C22H19N5O5/c1-3-32-17-9-13(12-5-7-16(25-11(2)28)15(8-12)22(30)31)4-6-14(17)19-26-20-18(21(29)27-19)23-10-24-20/h4-10H,3H2,1-2H3,(H,25,28)(H,30,31)(H2,23,24,26,27,29). The van der Waals surface area contributed by atoms with Gasteiger partial charge in [-0.25, -0.2) is 14.8 Å². The molecule has 162 valence electrons. The first kappa shape index (κ1) is 20.8. The van der Waals surface area contributed by atoms with E-state index in [1.165, 1.54) is 19.3 Å². The van der Waals surface area contributed by atoms with Crippen molar-refractivity contribution in [3.05, 3.63) is 58.6 Å². The number of anilines is 1.